The van der Waals surface area contributed by atoms with Gasteiger partial charge in [0.05, 0.1) is 21.7 Å². The van der Waals surface area contributed by atoms with Crippen LogP contribution in [0.15, 0.2) is 41.6 Å². The standard InChI is InChI=1S/C18H17F2N3O2S2/c1-11(24)21-9-8-12-6-7-16(27-12)15(25)10-26-18-22-13-4-2-3-5-14(13)23(18)17(19)20/h2-7,17H,8-10H2,1H3,(H,21,24). The van der Waals surface area contributed by atoms with Crippen LogP contribution in [0.2, 0.25) is 0 Å². The number of carbonyl (C=O) groups is 2. The fourth-order valence-electron chi connectivity index (χ4n) is 2.54. The largest absolute Gasteiger partial charge is 0.356 e. The summed E-state index contributed by atoms with van der Waals surface area (Å²) >= 11 is 2.36. The highest BCUT2D eigenvalue weighted by Crippen LogP contribution is 2.30. The van der Waals surface area contributed by atoms with E-state index in [0.717, 1.165) is 21.2 Å². The van der Waals surface area contributed by atoms with Crippen LogP contribution in [0.1, 0.15) is 28.0 Å². The van der Waals surface area contributed by atoms with E-state index >= 15 is 0 Å². The molecule has 0 radical (unpaired) electrons. The Morgan fingerprint density at radius 3 is 2.78 bits per heavy atom. The van der Waals surface area contributed by atoms with Crippen molar-refractivity contribution in [3.63, 3.8) is 0 Å². The minimum Gasteiger partial charge on any atom is -0.356 e. The number of aromatic nitrogens is 2. The third-order valence-electron chi connectivity index (χ3n) is 3.77. The van der Waals surface area contributed by atoms with Crippen LogP contribution in [0, 0.1) is 0 Å². The van der Waals surface area contributed by atoms with Gasteiger partial charge in [-0.3, -0.25) is 14.2 Å². The first-order valence-corrected chi connectivity index (χ1v) is 10.00. The molecule has 1 amide bonds. The van der Waals surface area contributed by atoms with Gasteiger partial charge >= 0.3 is 6.55 Å². The van der Waals surface area contributed by atoms with Crippen molar-refractivity contribution in [2.24, 2.45) is 0 Å². The van der Waals surface area contributed by atoms with E-state index < -0.39 is 6.55 Å². The number of hydrogen-bond donors (Lipinski definition) is 1. The molecule has 0 aliphatic rings. The minimum atomic E-state index is -2.72. The summed E-state index contributed by atoms with van der Waals surface area (Å²) in [4.78, 5) is 29.1. The summed E-state index contributed by atoms with van der Waals surface area (Å²) in [6, 6.07) is 10.2. The maximum absolute atomic E-state index is 13.4. The van der Waals surface area contributed by atoms with Crippen LogP contribution < -0.4 is 5.32 Å². The number of nitrogens with one attached hydrogen (secondary N) is 1. The average molecular weight is 409 g/mol. The van der Waals surface area contributed by atoms with Gasteiger partial charge in [-0.25, -0.2) is 4.98 Å². The van der Waals surface area contributed by atoms with Crippen LogP contribution in [0.5, 0.6) is 0 Å². The highest BCUT2D eigenvalue weighted by Gasteiger charge is 2.19. The number of amides is 1. The summed E-state index contributed by atoms with van der Waals surface area (Å²) in [7, 11) is 0. The topological polar surface area (TPSA) is 64.0 Å². The fraction of sp³-hybridized carbons (Fsp3) is 0.278. The average Bonchev–Trinajstić information content (AvgIpc) is 3.23. The second kappa shape index (κ2) is 8.62. The van der Waals surface area contributed by atoms with Gasteiger partial charge in [0, 0.05) is 18.3 Å². The Morgan fingerprint density at radius 1 is 1.26 bits per heavy atom. The number of halogens is 2. The Hall–Kier alpha value is -2.26. The van der Waals surface area contributed by atoms with Crippen molar-refractivity contribution in [2.45, 2.75) is 25.1 Å². The Labute approximate surface area is 162 Å². The van der Waals surface area contributed by atoms with E-state index in [9.17, 15) is 18.4 Å². The Kier molecular flexibility index (Phi) is 6.22. The molecule has 142 valence electrons. The summed E-state index contributed by atoms with van der Waals surface area (Å²) in [6.07, 6.45) is 0.645. The van der Waals surface area contributed by atoms with Crippen LogP contribution in [-0.2, 0) is 11.2 Å². The number of carbonyl (C=O) groups excluding carboxylic acids is 2. The van der Waals surface area contributed by atoms with Crippen molar-refractivity contribution in [2.75, 3.05) is 12.3 Å². The highest BCUT2D eigenvalue weighted by molar-refractivity contribution is 7.99. The molecule has 3 aromatic rings. The molecule has 0 unspecified atom stereocenters. The quantitative estimate of drug-likeness (QED) is 0.449. The van der Waals surface area contributed by atoms with Gasteiger partial charge < -0.3 is 5.32 Å². The number of fused-ring (bicyclic) bond motifs is 1. The number of nitrogens with zero attached hydrogens (tertiary/aromatic N) is 2. The van der Waals surface area contributed by atoms with Crippen molar-refractivity contribution in [3.05, 3.63) is 46.2 Å². The van der Waals surface area contributed by atoms with Gasteiger partial charge in [0.15, 0.2) is 10.9 Å². The summed E-state index contributed by atoms with van der Waals surface area (Å²) in [6.45, 7) is -0.763. The highest BCUT2D eigenvalue weighted by atomic mass is 32.2. The summed E-state index contributed by atoms with van der Waals surface area (Å²) in [5.74, 6) is -0.202. The maximum Gasteiger partial charge on any atom is 0.321 e. The SMILES string of the molecule is CC(=O)NCCc1ccc(C(=O)CSc2nc3ccccc3n2C(F)F)s1. The molecule has 0 bridgehead atoms. The van der Waals surface area contributed by atoms with Crippen LogP contribution in [-0.4, -0.2) is 33.5 Å². The van der Waals surface area contributed by atoms with Crippen molar-refractivity contribution in [1.82, 2.24) is 14.9 Å². The molecule has 27 heavy (non-hydrogen) atoms. The second-order valence-electron chi connectivity index (χ2n) is 5.74. The molecule has 0 fully saturated rings. The molecule has 3 rings (SSSR count). The van der Waals surface area contributed by atoms with E-state index in [-0.39, 0.29) is 22.6 Å². The molecular weight excluding hydrogens is 392 g/mol. The Bertz CT molecular complexity index is 969. The zero-order chi connectivity index (χ0) is 19.4. The predicted octanol–water partition coefficient (Wildman–Crippen LogP) is 4.15. The van der Waals surface area contributed by atoms with Gasteiger partial charge in [-0.2, -0.15) is 8.78 Å². The van der Waals surface area contributed by atoms with E-state index in [1.54, 1.807) is 30.3 Å². The number of thioether (sulfide) groups is 1. The van der Waals surface area contributed by atoms with Crippen molar-refractivity contribution < 1.29 is 18.4 Å². The summed E-state index contributed by atoms with van der Waals surface area (Å²) in [5, 5.41) is 2.83. The number of ketones is 1. The molecule has 0 aliphatic carbocycles. The van der Waals surface area contributed by atoms with Crippen LogP contribution >= 0.6 is 23.1 Å². The zero-order valence-electron chi connectivity index (χ0n) is 14.4. The minimum absolute atomic E-state index is 0.0295. The third-order valence-corrected chi connectivity index (χ3v) is 5.91. The predicted molar refractivity (Wildman–Crippen MR) is 103 cm³/mol. The van der Waals surface area contributed by atoms with Crippen LogP contribution in [0.4, 0.5) is 8.78 Å². The zero-order valence-corrected chi connectivity index (χ0v) is 16.1. The first kappa shape index (κ1) is 19.5. The Morgan fingerprint density at radius 2 is 2.04 bits per heavy atom. The van der Waals surface area contributed by atoms with E-state index in [0.29, 0.717) is 28.9 Å². The number of imidazole rings is 1. The van der Waals surface area contributed by atoms with Gasteiger partial charge in [0.2, 0.25) is 5.91 Å². The molecule has 2 heterocycles. The maximum atomic E-state index is 13.4. The molecule has 5 nitrogen and oxygen atoms in total. The van der Waals surface area contributed by atoms with Crippen molar-refractivity contribution in [3.8, 4) is 0 Å². The smallest absolute Gasteiger partial charge is 0.321 e. The second-order valence-corrected chi connectivity index (χ2v) is 7.85. The number of benzene rings is 1. The van der Waals surface area contributed by atoms with Gasteiger partial charge in [0.25, 0.3) is 0 Å². The Balaban J connectivity index is 1.66. The number of alkyl halides is 2. The summed E-state index contributed by atoms with van der Waals surface area (Å²) < 4.78 is 27.7. The number of rotatable bonds is 8. The van der Waals surface area contributed by atoms with Crippen LogP contribution in [0.25, 0.3) is 11.0 Å². The van der Waals surface area contributed by atoms with E-state index in [2.05, 4.69) is 10.3 Å². The molecule has 0 atom stereocenters. The molecule has 9 heteroatoms. The van der Waals surface area contributed by atoms with E-state index in [1.807, 2.05) is 6.07 Å². The number of para-hydroxylation sites is 2. The molecule has 0 aliphatic heterocycles. The normalized spacial score (nSPS) is 11.3. The molecule has 1 aromatic carbocycles. The first-order valence-electron chi connectivity index (χ1n) is 8.20. The van der Waals surface area contributed by atoms with E-state index in [4.69, 9.17) is 0 Å². The van der Waals surface area contributed by atoms with Gasteiger partial charge in [-0.1, -0.05) is 23.9 Å². The van der Waals surface area contributed by atoms with Gasteiger partial charge in [-0.15, -0.1) is 11.3 Å². The molecule has 1 N–H and O–H groups in total. The fourth-order valence-corrected chi connectivity index (χ4v) is 4.47. The van der Waals surface area contributed by atoms with E-state index in [1.165, 1.54) is 18.3 Å². The van der Waals surface area contributed by atoms with Crippen LogP contribution in [0.3, 0.4) is 0 Å². The molecule has 0 saturated heterocycles. The number of hydrogen-bond acceptors (Lipinski definition) is 5. The van der Waals surface area contributed by atoms with Crippen molar-refractivity contribution in [1.29, 1.82) is 0 Å². The lowest BCUT2D eigenvalue weighted by atomic mass is 10.3. The summed E-state index contributed by atoms with van der Waals surface area (Å²) in [5.41, 5.74) is 0.822. The lowest BCUT2D eigenvalue weighted by Crippen LogP contribution is -2.22. The molecule has 0 spiro atoms. The van der Waals surface area contributed by atoms with Gasteiger partial charge in [-0.05, 0) is 30.7 Å². The number of Topliss-reactive ketones (excluding diaryl/α,β-unsaturated/α-hetero) is 1. The monoisotopic (exact) mass is 409 g/mol. The lowest BCUT2D eigenvalue weighted by molar-refractivity contribution is -0.118. The molecular formula is C18H17F2N3O2S2. The lowest BCUT2D eigenvalue weighted by Gasteiger charge is -2.06. The molecule has 0 saturated carbocycles. The molecule has 2 aromatic heterocycles. The number of thiophene rings is 1. The van der Waals surface area contributed by atoms with Crippen molar-refractivity contribution >= 4 is 45.8 Å². The first-order chi connectivity index (χ1) is 13.0. The van der Waals surface area contributed by atoms with Gasteiger partial charge in [0.1, 0.15) is 0 Å². The third kappa shape index (κ3) is 4.72.